The number of alkyl halides is 2. The number of hydrogen-bond acceptors (Lipinski definition) is 3. The number of unbranched alkanes of at least 4 members (excludes halogenated alkanes) is 2. The first kappa shape index (κ1) is 37.7. The Bertz CT molecular complexity index is 847. The lowest BCUT2D eigenvalue weighted by Gasteiger charge is -2.20. The summed E-state index contributed by atoms with van der Waals surface area (Å²) in [5.41, 5.74) is 3.70. The number of anilines is 1. The van der Waals surface area contributed by atoms with Gasteiger partial charge in [-0.25, -0.2) is 8.78 Å². The Morgan fingerprint density at radius 2 is 1.58 bits per heavy atom. The zero-order chi connectivity index (χ0) is 29.9. The minimum atomic E-state index is -2.43. The Hall–Kier alpha value is -2.43. The lowest BCUT2D eigenvalue weighted by molar-refractivity contribution is -0.155. The molecule has 1 rings (SSSR count). The monoisotopic (exact) mass is 535 g/mol. The third-order valence-corrected chi connectivity index (χ3v) is 5.68. The number of rotatable bonds is 11. The van der Waals surface area contributed by atoms with Gasteiger partial charge in [-0.2, -0.15) is 0 Å². The lowest BCUT2D eigenvalue weighted by atomic mass is 10.0. The number of allylic oxidation sites excluding steroid dienone is 4. The second-order valence-electron chi connectivity index (χ2n) is 10.8. The molecule has 0 amide bonds. The number of benzene rings is 1. The molecule has 0 spiro atoms. The second kappa shape index (κ2) is 20.5. The molecule has 0 saturated carbocycles. The topological polar surface area (TPSA) is 29.5 Å². The van der Waals surface area contributed by atoms with Crippen LogP contribution in [-0.4, -0.2) is 18.6 Å². The van der Waals surface area contributed by atoms with E-state index in [4.69, 9.17) is 4.74 Å². The molecule has 1 aromatic carbocycles. The molecule has 0 N–H and O–H groups in total. The molecule has 0 aromatic heterocycles. The zero-order valence-corrected chi connectivity index (χ0v) is 26.1. The second-order valence-corrected chi connectivity index (χ2v) is 10.8. The average molecular weight is 536 g/mol. The molecule has 0 saturated heterocycles. The van der Waals surface area contributed by atoms with Gasteiger partial charge in [0.15, 0.2) is 0 Å². The van der Waals surface area contributed by atoms with E-state index in [1.54, 1.807) is 12.1 Å². The summed E-state index contributed by atoms with van der Waals surface area (Å²) in [4.78, 5) is 13.3. The fraction of sp³-hybridized carbons (Fsp3) is 0.606. The Labute approximate surface area is 233 Å². The van der Waals surface area contributed by atoms with Crippen LogP contribution in [0, 0.1) is 5.92 Å². The van der Waals surface area contributed by atoms with Gasteiger partial charge < -0.3 is 9.64 Å². The maximum atomic E-state index is 12.5. The van der Waals surface area contributed by atoms with Crippen LogP contribution in [0.1, 0.15) is 120 Å². The Balaban J connectivity index is 0. The summed E-state index contributed by atoms with van der Waals surface area (Å²) in [6.45, 7) is 24.3. The van der Waals surface area contributed by atoms with Crippen molar-refractivity contribution in [2.75, 3.05) is 11.9 Å². The molecule has 0 heterocycles. The van der Waals surface area contributed by atoms with E-state index in [1.807, 2.05) is 65.8 Å². The lowest BCUT2D eigenvalue weighted by Crippen LogP contribution is -2.24. The van der Waals surface area contributed by atoms with Gasteiger partial charge in [-0.1, -0.05) is 84.6 Å². The van der Waals surface area contributed by atoms with Crippen molar-refractivity contribution in [3.05, 3.63) is 65.4 Å². The molecule has 3 nitrogen and oxygen atoms in total. The molecular formula is C33H55F2NO2. The number of carbonyl (C=O) groups excluding carboxylic acids is 1. The SMILES string of the molecule is C=C(C)C(=C/N(C)c1ccc(C(F)F)cc1)/C(C)=C\C.CCCC.CCCCC(C)CC(=O)OC(C)(C)C. The molecule has 5 heteroatoms. The van der Waals surface area contributed by atoms with Gasteiger partial charge >= 0.3 is 5.97 Å². The van der Waals surface area contributed by atoms with Crippen molar-refractivity contribution in [3.8, 4) is 0 Å². The van der Waals surface area contributed by atoms with Crippen molar-refractivity contribution in [1.29, 1.82) is 0 Å². The molecule has 0 radical (unpaired) electrons. The fourth-order valence-corrected chi connectivity index (χ4v) is 3.15. The molecule has 218 valence electrons. The molecule has 1 aromatic rings. The van der Waals surface area contributed by atoms with Crippen LogP contribution in [0.15, 0.2) is 59.8 Å². The summed E-state index contributed by atoms with van der Waals surface area (Å²) in [5, 5.41) is 0. The van der Waals surface area contributed by atoms with Crippen LogP contribution in [-0.2, 0) is 9.53 Å². The van der Waals surface area contributed by atoms with E-state index in [1.165, 1.54) is 37.8 Å². The van der Waals surface area contributed by atoms with Crippen molar-refractivity contribution in [3.63, 3.8) is 0 Å². The van der Waals surface area contributed by atoms with Crippen LogP contribution >= 0.6 is 0 Å². The number of halogens is 2. The fourth-order valence-electron chi connectivity index (χ4n) is 3.15. The number of nitrogens with zero attached hydrogens (tertiary/aromatic N) is 1. The standard InChI is InChI=1S/C17H21F2N.C12H24O2.C4H10/c1-6-13(4)16(12(2)3)11-20(5)15-9-7-14(8-10-15)17(18)19;1-6-7-8-10(2)9-11(13)14-12(3,4)5;1-3-4-2/h6-11,17H,2H2,1,3-5H3;10H,6-9H2,1-5H3;3-4H2,1-2H3/b13-6-,16-11-;;. The van der Waals surface area contributed by atoms with Crippen molar-refractivity contribution in [2.45, 2.75) is 120 Å². The van der Waals surface area contributed by atoms with Gasteiger partial charge in [0.25, 0.3) is 6.43 Å². The van der Waals surface area contributed by atoms with E-state index in [0.717, 1.165) is 28.8 Å². The molecule has 0 fully saturated rings. The molecule has 1 atom stereocenters. The average Bonchev–Trinajstić information content (AvgIpc) is 2.84. The summed E-state index contributed by atoms with van der Waals surface area (Å²) in [5.74, 6) is 0.380. The smallest absolute Gasteiger partial charge is 0.306 e. The first-order chi connectivity index (χ1) is 17.6. The van der Waals surface area contributed by atoms with Crippen molar-refractivity contribution < 1.29 is 18.3 Å². The van der Waals surface area contributed by atoms with Crippen molar-refractivity contribution in [1.82, 2.24) is 0 Å². The highest BCUT2D eigenvalue weighted by Gasteiger charge is 2.18. The first-order valence-electron chi connectivity index (χ1n) is 14.0. The quantitative estimate of drug-likeness (QED) is 0.208. The molecule has 38 heavy (non-hydrogen) atoms. The summed E-state index contributed by atoms with van der Waals surface area (Å²) >= 11 is 0. The van der Waals surface area contributed by atoms with E-state index in [0.29, 0.717) is 12.3 Å². The molecular weight excluding hydrogens is 480 g/mol. The largest absolute Gasteiger partial charge is 0.460 e. The zero-order valence-electron chi connectivity index (χ0n) is 26.1. The molecule has 0 bridgehead atoms. The van der Waals surface area contributed by atoms with Crippen molar-refractivity contribution in [2.24, 2.45) is 5.92 Å². The van der Waals surface area contributed by atoms with Crippen LogP contribution in [0.25, 0.3) is 0 Å². The van der Waals surface area contributed by atoms with E-state index in [9.17, 15) is 13.6 Å². The maximum Gasteiger partial charge on any atom is 0.306 e. The van der Waals surface area contributed by atoms with E-state index in [-0.39, 0.29) is 17.1 Å². The van der Waals surface area contributed by atoms with Gasteiger partial charge in [0.05, 0.1) is 0 Å². The predicted octanol–water partition coefficient (Wildman–Crippen LogP) is 10.8. The molecule has 0 aliphatic rings. The highest BCUT2D eigenvalue weighted by atomic mass is 19.3. The Morgan fingerprint density at radius 3 is 1.95 bits per heavy atom. The van der Waals surface area contributed by atoms with Crippen LogP contribution in [0.5, 0.6) is 0 Å². The van der Waals surface area contributed by atoms with Gasteiger partial charge in [-0.3, -0.25) is 4.79 Å². The van der Waals surface area contributed by atoms with Gasteiger partial charge in [0.1, 0.15) is 5.60 Å². The maximum absolute atomic E-state index is 12.5. The number of hydrogen-bond donors (Lipinski definition) is 0. The highest BCUT2D eigenvalue weighted by Crippen LogP contribution is 2.24. The summed E-state index contributed by atoms with van der Waals surface area (Å²) in [6.07, 6.45) is 8.26. The number of esters is 1. The van der Waals surface area contributed by atoms with Gasteiger partial charge in [-0.15, -0.1) is 0 Å². The third kappa shape index (κ3) is 18.8. The summed E-state index contributed by atoms with van der Waals surface area (Å²) in [6, 6.07) is 6.29. The van der Waals surface area contributed by atoms with Crippen LogP contribution in [0.2, 0.25) is 0 Å². The minimum absolute atomic E-state index is 0.0379. The predicted molar refractivity (Wildman–Crippen MR) is 162 cm³/mol. The van der Waals surface area contributed by atoms with E-state index >= 15 is 0 Å². The van der Waals surface area contributed by atoms with Gasteiger partial charge in [0, 0.05) is 30.9 Å². The van der Waals surface area contributed by atoms with Gasteiger partial charge in [0.2, 0.25) is 0 Å². The molecule has 0 aliphatic heterocycles. The van der Waals surface area contributed by atoms with E-state index in [2.05, 4.69) is 34.3 Å². The normalized spacial score (nSPS) is 12.6. The van der Waals surface area contributed by atoms with Crippen LogP contribution in [0.3, 0.4) is 0 Å². The van der Waals surface area contributed by atoms with E-state index < -0.39 is 6.43 Å². The number of ether oxygens (including phenoxy) is 1. The molecule has 1 unspecified atom stereocenters. The van der Waals surface area contributed by atoms with Crippen molar-refractivity contribution >= 4 is 11.7 Å². The minimum Gasteiger partial charge on any atom is -0.460 e. The van der Waals surface area contributed by atoms with Crippen LogP contribution in [0.4, 0.5) is 14.5 Å². The number of carbonyl (C=O) groups is 1. The Kier molecular flexibility index (Phi) is 20.4. The first-order valence-corrected chi connectivity index (χ1v) is 14.0. The summed E-state index contributed by atoms with van der Waals surface area (Å²) in [7, 11) is 1.89. The third-order valence-electron chi connectivity index (χ3n) is 5.68. The summed E-state index contributed by atoms with van der Waals surface area (Å²) < 4.78 is 30.3. The Morgan fingerprint density at radius 1 is 1.05 bits per heavy atom. The van der Waals surface area contributed by atoms with Crippen LogP contribution < -0.4 is 4.90 Å². The molecule has 0 aliphatic carbocycles. The highest BCUT2D eigenvalue weighted by molar-refractivity contribution is 5.70. The van der Waals surface area contributed by atoms with Gasteiger partial charge in [-0.05, 0) is 76.3 Å².